The highest BCUT2D eigenvalue weighted by Gasteiger charge is 2.68. The van der Waals surface area contributed by atoms with Crippen molar-refractivity contribution in [3.05, 3.63) is 36.4 Å². The van der Waals surface area contributed by atoms with E-state index in [0.29, 0.717) is 24.1 Å². The number of esters is 1. The van der Waals surface area contributed by atoms with Crippen molar-refractivity contribution in [2.24, 2.45) is 39.1 Å². The second-order valence-corrected chi connectivity index (χ2v) is 12.4. The molecule has 3 N–H and O–H groups in total. The van der Waals surface area contributed by atoms with Crippen LogP contribution >= 0.6 is 0 Å². The molecule has 0 amide bonds. The molecular weight excluding hydrogens is 483 g/mol. The maximum atomic E-state index is 13.5. The van der Waals surface area contributed by atoms with Crippen LogP contribution in [0.1, 0.15) is 65.4 Å². The first-order valence-electron chi connectivity index (χ1n) is 13.7. The Morgan fingerprint density at radius 1 is 1.32 bits per heavy atom. The van der Waals surface area contributed by atoms with Gasteiger partial charge in [0.15, 0.2) is 6.61 Å². The van der Waals surface area contributed by atoms with Crippen LogP contribution in [0.5, 0.6) is 5.75 Å². The highest BCUT2D eigenvalue weighted by molar-refractivity contribution is 6.65. The fourth-order valence-corrected chi connectivity index (χ4v) is 8.08. The number of carbonyl (C=O) groups is 2. The van der Waals surface area contributed by atoms with Gasteiger partial charge in [0.25, 0.3) is 0 Å². The molecule has 0 aromatic heterocycles. The molecular formula is C29H39BN2O6. The summed E-state index contributed by atoms with van der Waals surface area (Å²) < 4.78 is 12.0. The van der Waals surface area contributed by atoms with E-state index in [2.05, 4.69) is 37.8 Å². The molecule has 204 valence electrons. The first kappa shape index (κ1) is 26.9. The number of hydrazone groups is 1. The minimum absolute atomic E-state index is 0.0762. The zero-order valence-electron chi connectivity index (χ0n) is 22.8. The van der Waals surface area contributed by atoms with E-state index in [4.69, 9.17) is 9.47 Å². The van der Waals surface area contributed by atoms with Crippen molar-refractivity contribution < 1.29 is 29.2 Å². The third-order valence-corrected chi connectivity index (χ3v) is 10.7. The Kier molecular flexibility index (Phi) is 6.75. The van der Waals surface area contributed by atoms with Crippen LogP contribution in [0.25, 0.3) is 0 Å². The average molecular weight is 522 g/mol. The van der Waals surface area contributed by atoms with Crippen LogP contribution in [0.2, 0.25) is 0 Å². The summed E-state index contributed by atoms with van der Waals surface area (Å²) in [6.45, 7) is 12.1. The predicted octanol–water partition coefficient (Wildman–Crippen LogP) is 2.60. The second kappa shape index (κ2) is 9.52. The van der Waals surface area contributed by atoms with Gasteiger partial charge in [-0.25, -0.2) is 4.79 Å². The van der Waals surface area contributed by atoms with Crippen LogP contribution in [-0.2, 0) is 14.3 Å². The van der Waals surface area contributed by atoms with Crippen molar-refractivity contribution in [3.8, 4) is 5.75 Å². The summed E-state index contributed by atoms with van der Waals surface area (Å²) in [5.74, 6) is -0.0635. The quantitative estimate of drug-likeness (QED) is 0.309. The summed E-state index contributed by atoms with van der Waals surface area (Å²) in [6, 6.07) is 5.16. The van der Waals surface area contributed by atoms with E-state index in [-0.39, 0.29) is 35.6 Å². The molecule has 5 rings (SSSR count). The minimum Gasteiger partial charge on any atom is -0.482 e. The molecule has 3 fully saturated rings. The topological polar surface area (TPSA) is 117 Å². The molecule has 0 unspecified atom stereocenters. The number of nitrogens with zero attached hydrogens (tertiary/aromatic N) is 1. The Balaban J connectivity index is 1.42. The van der Waals surface area contributed by atoms with E-state index in [0.717, 1.165) is 24.8 Å². The Bertz CT molecular complexity index is 1170. The third kappa shape index (κ3) is 4.01. The zero-order valence-corrected chi connectivity index (χ0v) is 22.8. The van der Waals surface area contributed by atoms with Crippen LogP contribution in [0.4, 0.5) is 0 Å². The zero-order chi connectivity index (χ0) is 27.5. The second-order valence-electron chi connectivity index (χ2n) is 12.4. The smallest absolute Gasteiger partial charge is 0.464 e. The van der Waals surface area contributed by atoms with E-state index >= 15 is 0 Å². The molecule has 9 heteroatoms. The number of fused-ring (bicyclic) bond motifs is 1. The van der Waals surface area contributed by atoms with Gasteiger partial charge in [0.05, 0.1) is 12.3 Å². The molecule has 8 atom stereocenters. The largest absolute Gasteiger partial charge is 0.482 e. The van der Waals surface area contributed by atoms with Crippen molar-refractivity contribution in [1.29, 1.82) is 0 Å². The summed E-state index contributed by atoms with van der Waals surface area (Å²) in [7, 11) is -0.956. The van der Waals surface area contributed by atoms with Crippen LogP contribution in [0, 0.1) is 34.0 Å². The molecule has 1 aromatic rings. The van der Waals surface area contributed by atoms with E-state index in [1.165, 1.54) is 0 Å². The highest BCUT2D eigenvalue weighted by Crippen LogP contribution is 2.68. The predicted molar refractivity (Wildman–Crippen MR) is 145 cm³/mol. The summed E-state index contributed by atoms with van der Waals surface area (Å²) in [4.78, 5) is 26.8. The van der Waals surface area contributed by atoms with Crippen LogP contribution < -0.4 is 15.5 Å². The number of aliphatic hydroxyl groups is 1. The van der Waals surface area contributed by atoms with Crippen molar-refractivity contribution in [2.75, 3.05) is 6.61 Å². The Morgan fingerprint density at radius 3 is 2.82 bits per heavy atom. The van der Waals surface area contributed by atoms with Crippen molar-refractivity contribution in [2.45, 2.75) is 72.0 Å². The SMILES string of the molecule is C=C[C@]1(C)C[C@@H](OC(=O)COc2ccc3c(c2)B(O)NN=C3)[C@]2(C)[C@H](C)CC[C@]3(CCC(=O)[C@H]32)[C@@H](C)[C@@H]1O. The Labute approximate surface area is 225 Å². The first-order chi connectivity index (χ1) is 18.0. The number of ether oxygens (including phenoxy) is 2. The molecule has 0 saturated heterocycles. The van der Waals surface area contributed by atoms with E-state index in [1.807, 2.05) is 6.92 Å². The Hall–Kier alpha value is -2.65. The molecule has 1 heterocycles. The monoisotopic (exact) mass is 522 g/mol. The van der Waals surface area contributed by atoms with E-state index in [1.54, 1.807) is 30.5 Å². The van der Waals surface area contributed by atoms with Crippen molar-refractivity contribution in [3.63, 3.8) is 0 Å². The fraction of sp³-hybridized carbons (Fsp3) is 0.621. The summed E-state index contributed by atoms with van der Waals surface area (Å²) in [5.41, 5.74) is -0.195. The number of ketones is 1. The number of aliphatic hydroxyl groups excluding tert-OH is 1. The van der Waals surface area contributed by atoms with Crippen molar-refractivity contribution in [1.82, 2.24) is 5.34 Å². The number of carbonyl (C=O) groups excluding carboxylic acids is 2. The number of hydrogen-bond donors (Lipinski definition) is 3. The lowest BCUT2D eigenvalue weighted by Crippen LogP contribution is -2.63. The lowest BCUT2D eigenvalue weighted by atomic mass is 9.44. The van der Waals surface area contributed by atoms with Gasteiger partial charge in [0, 0.05) is 23.2 Å². The fourth-order valence-electron chi connectivity index (χ4n) is 8.08. The standard InChI is InChI=1S/C29H39BN2O6/c1-6-27(4)14-23(38-24(34)16-37-20-8-7-19-15-31-32-30(36)21(19)13-20)28(5)17(2)9-11-29(18(3)26(27)35)12-10-22(33)25(28)29/h6-8,13,15,17-18,23,25-26,32,35-36H,1,9-12,14,16H2,2-5H3/t17-,18+,23-,25+,26+,27-,28+,29+/m1/s1. The first-order valence-corrected chi connectivity index (χ1v) is 13.7. The molecule has 0 spiro atoms. The summed E-state index contributed by atoms with van der Waals surface area (Å²) >= 11 is 0. The molecule has 3 aliphatic carbocycles. The molecule has 1 aromatic carbocycles. The van der Waals surface area contributed by atoms with Crippen LogP contribution in [0.15, 0.2) is 36.0 Å². The van der Waals surface area contributed by atoms with Crippen LogP contribution in [-0.4, -0.2) is 54.0 Å². The minimum atomic E-state index is -0.956. The number of hydrogen-bond acceptors (Lipinski definition) is 8. The van der Waals surface area contributed by atoms with Gasteiger partial charge in [0.1, 0.15) is 17.6 Å². The highest BCUT2D eigenvalue weighted by atomic mass is 16.6. The lowest BCUT2D eigenvalue weighted by Gasteiger charge is -2.61. The maximum absolute atomic E-state index is 13.5. The van der Waals surface area contributed by atoms with Gasteiger partial charge >= 0.3 is 13.0 Å². The Morgan fingerprint density at radius 2 is 2.08 bits per heavy atom. The lowest BCUT2D eigenvalue weighted by molar-refractivity contribution is -0.207. The van der Waals surface area contributed by atoms with E-state index < -0.39 is 36.1 Å². The molecule has 0 radical (unpaired) electrons. The number of rotatable bonds is 5. The van der Waals surface area contributed by atoms with Gasteiger partial charge in [-0.1, -0.05) is 39.8 Å². The van der Waals surface area contributed by atoms with Crippen molar-refractivity contribution >= 4 is 30.5 Å². The molecule has 8 nitrogen and oxygen atoms in total. The van der Waals surface area contributed by atoms with Gasteiger partial charge in [0.2, 0.25) is 0 Å². The van der Waals surface area contributed by atoms with Crippen LogP contribution in [0.3, 0.4) is 0 Å². The van der Waals surface area contributed by atoms with Gasteiger partial charge in [-0.2, -0.15) is 5.10 Å². The summed E-state index contributed by atoms with van der Waals surface area (Å²) in [5, 5.41) is 28.3. The molecule has 38 heavy (non-hydrogen) atoms. The normalized spacial score (nSPS) is 39.8. The maximum Gasteiger partial charge on any atom is 0.464 e. The van der Waals surface area contributed by atoms with E-state index in [9.17, 15) is 19.7 Å². The molecule has 2 bridgehead atoms. The number of Topliss-reactive ketones (excluding diaryl/α,β-unsaturated/α-hetero) is 1. The number of nitrogens with one attached hydrogen (secondary N) is 1. The van der Waals surface area contributed by atoms with Gasteiger partial charge < -0.3 is 24.9 Å². The summed E-state index contributed by atoms with van der Waals surface area (Å²) in [6.07, 6.45) is 5.56. The number of benzene rings is 1. The average Bonchev–Trinajstić information content (AvgIpc) is 3.26. The van der Waals surface area contributed by atoms with Gasteiger partial charge in [-0.15, -0.1) is 6.58 Å². The molecule has 3 saturated carbocycles. The third-order valence-electron chi connectivity index (χ3n) is 10.7. The van der Waals surface area contributed by atoms with Gasteiger partial charge in [-0.05, 0) is 66.1 Å². The molecule has 1 aliphatic heterocycles. The molecule has 4 aliphatic rings. The van der Waals surface area contributed by atoms with Gasteiger partial charge in [-0.3, -0.25) is 4.79 Å².